The molecule has 2 aromatic heterocycles. The first-order chi connectivity index (χ1) is 7.42. The van der Waals surface area contributed by atoms with Crippen LogP contribution in [0.5, 0.6) is 0 Å². The summed E-state index contributed by atoms with van der Waals surface area (Å²) in [6.07, 6.45) is 9.81. The molecule has 0 bridgehead atoms. The fourth-order valence-corrected chi connectivity index (χ4v) is 1.54. The van der Waals surface area contributed by atoms with Crippen molar-refractivity contribution in [2.24, 2.45) is 0 Å². The zero-order chi connectivity index (χ0) is 10.5. The highest BCUT2D eigenvalue weighted by molar-refractivity contribution is 5.51. The molecule has 2 rings (SSSR count). The van der Waals surface area contributed by atoms with Crippen molar-refractivity contribution in [2.75, 3.05) is 6.54 Å². The zero-order valence-electron chi connectivity index (χ0n) is 8.98. The first kappa shape index (κ1) is 10.1. The molecule has 1 N–H and O–H groups in total. The minimum Gasteiger partial charge on any atom is -0.313 e. The van der Waals surface area contributed by atoms with Gasteiger partial charge >= 0.3 is 0 Å². The van der Waals surface area contributed by atoms with Gasteiger partial charge in [0.15, 0.2) is 0 Å². The number of hydrogen-bond donors (Lipinski definition) is 1. The molecule has 0 aliphatic carbocycles. The Kier molecular flexibility index (Phi) is 3.29. The van der Waals surface area contributed by atoms with E-state index in [1.165, 1.54) is 18.4 Å². The molecular weight excluding hydrogens is 188 g/mol. The molecule has 80 valence electrons. The highest BCUT2D eigenvalue weighted by Crippen LogP contribution is 2.07. The number of hydrogen-bond acceptors (Lipinski definition) is 3. The maximum absolute atomic E-state index is 4.25. The lowest BCUT2D eigenvalue weighted by molar-refractivity contribution is 0.643. The molecule has 4 heteroatoms. The molecule has 0 aliphatic rings. The molecule has 2 aromatic rings. The Bertz CT molecular complexity index is 421. The molecule has 15 heavy (non-hydrogen) atoms. The van der Waals surface area contributed by atoms with Crippen LogP contribution < -0.4 is 5.32 Å². The minimum absolute atomic E-state index is 0.870. The fourth-order valence-electron chi connectivity index (χ4n) is 1.54. The number of rotatable bonds is 5. The van der Waals surface area contributed by atoms with E-state index in [0.717, 1.165) is 18.6 Å². The highest BCUT2D eigenvalue weighted by Gasteiger charge is 2.01. The van der Waals surface area contributed by atoms with Crippen molar-refractivity contribution in [1.29, 1.82) is 0 Å². The summed E-state index contributed by atoms with van der Waals surface area (Å²) < 4.78 is 1.85. The van der Waals surface area contributed by atoms with E-state index in [1.807, 2.05) is 23.1 Å². The Morgan fingerprint density at radius 3 is 3.20 bits per heavy atom. The Labute approximate surface area is 89.3 Å². The summed E-state index contributed by atoms with van der Waals surface area (Å²) in [5.74, 6) is 0. The largest absolute Gasteiger partial charge is 0.313 e. The lowest BCUT2D eigenvalue weighted by Crippen LogP contribution is -2.14. The van der Waals surface area contributed by atoms with Crippen LogP contribution in [0.4, 0.5) is 0 Å². The van der Waals surface area contributed by atoms with E-state index in [2.05, 4.69) is 22.3 Å². The van der Waals surface area contributed by atoms with Gasteiger partial charge in [-0.3, -0.25) is 4.98 Å². The molecule has 0 radical (unpaired) electrons. The van der Waals surface area contributed by atoms with Crippen LogP contribution in [0.15, 0.2) is 24.8 Å². The second-order valence-electron chi connectivity index (χ2n) is 3.61. The maximum Gasteiger partial charge on any atom is 0.0889 e. The predicted molar refractivity (Wildman–Crippen MR) is 59.6 cm³/mol. The molecular formula is C11H16N4. The second-order valence-corrected chi connectivity index (χ2v) is 3.61. The van der Waals surface area contributed by atoms with Gasteiger partial charge in [-0.1, -0.05) is 13.3 Å². The summed E-state index contributed by atoms with van der Waals surface area (Å²) in [6.45, 7) is 4.13. The van der Waals surface area contributed by atoms with E-state index in [1.54, 1.807) is 6.20 Å². The fraction of sp³-hybridized carbons (Fsp3) is 0.455. The third-order valence-corrected chi connectivity index (χ3v) is 2.43. The molecule has 0 unspecified atom stereocenters. The van der Waals surface area contributed by atoms with E-state index in [9.17, 15) is 0 Å². The van der Waals surface area contributed by atoms with Crippen molar-refractivity contribution in [3.05, 3.63) is 30.4 Å². The molecule has 0 fully saturated rings. The van der Waals surface area contributed by atoms with Crippen molar-refractivity contribution in [3.63, 3.8) is 0 Å². The molecule has 0 saturated carbocycles. The van der Waals surface area contributed by atoms with Gasteiger partial charge in [-0.2, -0.15) is 5.10 Å². The lowest BCUT2D eigenvalue weighted by Gasteiger charge is -2.01. The van der Waals surface area contributed by atoms with Gasteiger partial charge in [-0.15, -0.1) is 0 Å². The summed E-state index contributed by atoms with van der Waals surface area (Å²) in [4.78, 5) is 4.10. The Balaban J connectivity index is 2.02. The summed E-state index contributed by atoms with van der Waals surface area (Å²) >= 11 is 0. The van der Waals surface area contributed by atoms with Crippen molar-refractivity contribution in [3.8, 4) is 0 Å². The summed E-state index contributed by atoms with van der Waals surface area (Å²) in [5.41, 5.74) is 2.29. The number of aromatic nitrogens is 3. The average Bonchev–Trinajstić information content (AvgIpc) is 2.68. The van der Waals surface area contributed by atoms with Gasteiger partial charge in [-0.25, -0.2) is 4.52 Å². The third kappa shape index (κ3) is 2.33. The van der Waals surface area contributed by atoms with E-state index in [0.29, 0.717) is 0 Å². The molecule has 0 saturated heterocycles. The monoisotopic (exact) mass is 204 g/mol. The van der Waals surface area contributed by atoms with Gasteiger partial charge in [-0.05, 0) is 13.0 Å². The lowest BCUT2D eigenvalue weighted by atomic mass is 10.3. The van der Waals surface area contributed by atoms with Crippen LogP contribution in [0.2, 0.25) is 0 Å². The van der Waals surface area contributed by atoms with Crippen molar-refractivity contribution in [2.45, 2.75) is 26.3 Å². The average molecular weight is 204 g/mol. The van der Waals surface area contributed by atoms with Gasteiger partial charge < -0.3 is 5.32 Å². The maximum atomic E-state index is 4.25. The van der Waals surface area contributed by atoms with E-state index in [4.69, 9.17) is 0 Å². The van der Waals surface area contributed by atoms with Crippen molar-refractivity contribution in [1.82, 2.24) is 19.9 Å². The molecule has 0 spiro atoms. The topological polar surface area (TPSA) is 42.2 Å². The first-order valence-electron chi connectivity index (χ1n) is 5.38. The SMILES string of the molecule is CCCCNCc1cnn2ccncc12. The number of fused-ring (bicyclic) bond motifs is 1. The van der Waals surface area contributed by atoms with Crippen molar-refractivity contribution >= 4 is 5.52 Å². The normalized spacial score (nSPS) is 11.0. The van der Waals surface area contributed by atoms with E-state index in [-0.39, 0.29) is 0 Å². The number of unbranched alkanes of at least 4 members (excludes halogenated alkanes) is 1. The Hall–Kier alpha value is -1.42. The number of nitrogens with zero attached hydrogens (tertiary/aromatic N) is 3. The predicted octanol–water partition coefficient (Wildman–Crippen LogP) is 1.62. The van der Waals surface area contributed by atoms with Crippen LogP contribution in [-0.4, -0.2) is 21.1 Å². The Morgan fingerprint density at radius 2 is 2.33 bits per heavy atom. The molecule has 4 nitrogen and oxygen atoms in total. The van der Waals surface area contributed by atoms with Crippen molar-refractivity contribution < 1.29 is 0 Å². The van der Waals surface area contributed by atoms with Gasteiger partial charge in [0.2, 0.25) is 0 Å². The summed E-state index contributed by atoms with van der Waals surface area (Å²) in [5, 5.41) is 7.65. The van der Waals surface area contributed by atoms with Crippen LogP contribution in [0, 0.1) is 0 Å². The molecule has 0 amide bonds. The standard InChI is InChI=1S/C11H16N4/c1-2-3-4-12-7-10-8-14-15-6-5-13-9-11(10)15/h5-6,8-9,12H,2-4,7H2,1H3. The minimum atomic E-state index is 0.870. The quantitative estimate of drug-likeness (QED) is 0.752. The molecule has 0 aliphatic heterocycles. The molecule has 2 heterocycles. The van der Waals surface area contributed by atoms with Crippen LogP contribution in [-0.2, 0) is 6.54 Å². The second kappa shape index (κ2) is 4.89. The van der Waals surface area contributed by atoms with Gasteiger partial charge in [0.1, 0.15) is 0 Å². The third-order valence-electron chi connectivity index (χ3n) is 2.43. The van der Waals surface area contributed by atoms with Gasteiger partial charge in [0.25, 0.3) is 0 Å². The molecule has 0 aromatic carbocycles. The highest BCUT2D eigenvalue weighted by atomic mass is 15.2. The Morgan fingerprint density at radius 1 is 1.40 bits per heavy atom. The van der Waals surface area contributed by atoms with Crippen LogP contribution in [0.3, 0.4) is 0 Å². The van der Waals surface area contributed by atoms with Crippen LogP contribution >= 0.6 is 0 Å². The summed E-state index contributed by atoms with van der Waals surface area (Å²) in [6, 6.07) is 0. The number of nitrogens with one attached hydrogen (secondary N) is 1. The van der Waals surface area contributed by atoms with E-state index < -0.39 is 0 Å². The first-order valence-corrected chi connectivity index (χ1v) is 5.38. The zero-order valence-corrected chi connectivity index (χ0v) is 8.98. The van der Waals surface area contributed by atoms with Crippen LogP contribution in [0.25, 0.3) is 5.52 Å². The summed E-state index contributed by atoms with van der Waals surface area (Å²) in [7, 11) is 0. The van der Waals surface area contributed by atoms with Gasteiger partial charge in [0.05, 0.1) is 17.9 Å². The van der Waals surface area contributed by atoms with Gasteiger partial charge in [0, 0.05) is 24.5 Å². The van der Waals surface area contributed by atoms with Crippen LogP contribution in [0.1, 0.15) is 25.3 Å². The molecule has 0 atom stereocenters. The smallest absolute Gasteiger partial charge is 0.0889 e. The van der Waals surface area contributed by atoms with E-state index >= 15 is 0 Å².